The summed E-state index contributed by atoms with van der Waals surface area (Å²) >= 11 is 0. The normalized spacial score (nSPS) is 10.3. The third-order valence-corrected chi connectivity index (χ3v) is 2.59. The number of nitrogens with one attached hydrogen (secondary N) is 1. The van der Waals surface area contributed by atoms with Gasteiger partial charge < -0.3 is 5.32 Å². The average molecular weight is 244 g/mol. The molecule has 0 unspecified atom stereocenters. The Kier molecular flexibility index (Phi) is 3.72. The van der Waals surface area contributed by atoms with E-state index in [9.17, 15) is 4.79 Å². The molecule has 5 nitrogen and oxygen atoms in total. The molecule has 0 aliphatic heterocycles. The van der Waals surface area contributed by atoms with E-state index >= 15 is 0 Å². The Morgan fingerprint density at radius 3 is 2.94 bits per heavy atom. The molecule has 0 saturated carbocycles. The van der Waals surface area contributed by atoms with E-state index in [4.69, 9.17) is 0 Å². The number of pyridine rings is 1. The van der Waals surface area contributed by atoms with E-state index < -0.39 is 0 Å². The summed E-state index contributed by atoms with van der Waals surface area (Å²) in [6, 6.07) is 5.35. The van der Waals surface area contributed by atoms with Gasteiger partial charge >= 0.3 is 0 Å². The highest BCUT2D eigenvalue weighted by atomic mass is 16.1. The van der Waals surface area contributed by atoms with Crippen LogP contribution in [-0.2, 0) is 6.54 Å². The second-order valence-corrected chi connectivity index (χ2v) is 4.04. The fraction of sp³-hybridized carbons (Fsp3) is 0.308. The maximum atomic E-state index is 11.8. The maximum Gasteiger partial charge on any atom is 0.253 e. The number of rotatable bonds is 4. The summed E-state index contributed by atoms with van der Waals surface area (Å²) in [5, 5.41) is 3.18. The minimum atomic E-state index is -0.0474. The van der Waals surface area contributed by atoms with Gasteiger partial charge in [-0.3, -0.25) is 9.36 Å². The zero-order chi connectivity index (χ0) is 13.0. The van der Waals surface area contributed by atoms with Crippen molar-refractivity contribution >= 4 is 5.82 Å². The van der Waals surface area contributed by atoms with E-state index in [1.807, 2.05) is 19.1 Å². The van der Waals surface area contributed by atoms with Gasteiger partial charge in [0, 0.05) is 30.1 Å². The van der Waals surface area contributed by atoms with E-state index in [-0.39, 0.29) is 5.56 Å². The summed E-state index contributed by atoms with van der Waals surface area (Å²) in [5.74, 6) is 0.812. The van der Waals surface area contributed by atoms with Crippen molar-refractivity contribution < 1.29 is 0 Å². The molecule has 0 aromatic carbocycles. The van der Waals surface area contributed by atoms with Gasteiger partial charge in [-0.05, 0) is 19.9 Å². The van der Waals surface area contributed by atoms with Crippen LogP contribution in [0.4, 0.5) is 5.82 Å². The lowest BCUT2D eigenvalue weighted by molar-refractivity contribution is 0.728. The molecular weight excluding hydrogens is 228 g/mol. The van der Waals surface area contributed by atoms with Crippen molar-refractivity contribution in [2.45, 2.75) is 20.4 Å². The second kappa shape index (κ2) is 5.44. The summed E-state index contributed by atoms with van der Waals surface area (Å²) in [6.45, 7) is 5.09. The van der Waals surface area contributed by atoms with E-state index in [1.165, 1.54) is 6.07 Å². The second-order valence-electron chi connectivity index (χ2n) is 4.04. The van der Waals surface area contributed by atoms with Crippen LogP contribution in [0.15, 0.2) is 35.5 Å². The summed E-state index contributed by atoms with van der Waals surface area (Å²) in [6.07, 6.45) is 3.30. The largest absolute Gasteiger partial charge is 0.370 e. The Bertz CT molecular complexity index is 592. The summed E-state index contributed by atoms with van der Waals surface area (Å²) in [7, 11) is 0. The molecule has 2 rings (SSSR count). The monoisotopic (exact) mass is 244 g/mol. The van der Waals surface area contributed by atoms with Gasteiger partial charge in [-0.2, -0.15) is 0 Å². The Balaban J connectivity index is 2.31. The van der Waals surface area contributed by atoms with Crippen molar-refractivity contribution in [2.75, 3.05) is 11.9 Å². The van der Waals surface area contributed by atoms with Gasteiger partial charge in [-0.1, -0.05) is 6.07 Å². The molecule has 0 bridgehead atoms. The molecule has 2 heterocycles. The van der Waals surface area contributed by atoms with E-state index in [1.54, 1.807) is 24.0 Å². The molecule has 94 valence electrons. The lowest BCUT2D eigenvalue weighted by Crippen LogP contribution is -2.21. The quantitative estimate of drug-likeness (QED) is 0.883. The predicted molar refractivity (Wildman–Crippen MR) is 70.7 cm³/mol. The highest BCUT2D eigenvalue weighted by Gasteiger charge is 2.04. The van der Waals surface area contributed by atoms with Crippen molar-refractivity contribution in [1.29, 1.82) is 0 Å². The molecule has 0 radical (unpaired) electrons. The van der Waals surface area contributed by atoms with Crippen LogP contribution in [0.2, 0.25) is 0 Å². The highest BCUT2D eigenvalue weighted by molar-refractivity contribution is 5.43. The number of hydrogen-bond acceptors (Lipinski definition) is 4. The molecule has 0 saturated heterocycles. The molecule has 2 aromatic rings. The van der Waals surface area contributed by atoms with Gasteiger partial charge in [-0.15, -0.1) is 0 Å². The van der Waals surface area contributed by atoms with Crippen molar-refractivity contribution in [1.82, 2.24) is 14.5 Å². The SMILES string of the molecule is CCNc1ncccc1Cn1cnc(C)cc1=O. The first-order chi connectivity index (χ1) is 8.70. The average Bonchev–Trinajstić information content (AvgIpc) is 2.35. The van der Waals surface area contributed by atoms with Gasteiger partial charge in [0.2, 0.25) is 0 Å². The van der Waals surface area contributed by atoms with Crippen LogP contribution in [-0.4, -0.2) is 21.1 Å². The fourth-order valence-electron chi connectivity index (χ4n) is 1.71. The molecule has 18 heavy (non-hydrogen) atoms. The zero-order valence-corrected chi connectivity index (χ0v) is 10.6. The highest BCUT2D eigenvalue weighted by Crippen LogP contribution is 2.11. The molecular formula is C13H16N4O. The third kappa shape index (κ3) is 2.74. The fourth-order valence-corrected chi connectivity index (χ4v) is 1.71. The molecule has 1 N–H and O–H groups in total. The maximum absolute atomic E-state index is 11.8. The van der Waals surface area contributed by atoms with Crippen LogP contribution >= 0.6 is 0 Å². The van der Waals surface area contributed by atoms with Crippen molar-refractivity contribution in [3.05, 3.63) is 52.3 Å². The Morgan fingerprint density at radius 1 is 1.39 bits per heavy atom. The predicted octanol–water partition coefficient (Wildman–Crippen LogP) is 1.43. The number of aryl methyl sites for hydroxylation is 1. The van der Waals surface area contributed by atoms with Crippen LogP contribution in [0, 0.1) is 6.92 Å². The Morgan fingerprint density at radius 2 is 2.22 bits per heavy atom. The molecule has 0 fully saturated rings. The lowest BCUT2D eigenvalue weighted by Gasteiger charge is -2.10. The van der Waals surface area contributed by atoms with Crippen LogP contribution in [0.3, 0.4) is 0 Å². The molecule has 5 heteroatoms. The van der Waals surface area contributed by atoms with Gasteiger partial charge in [-0.25, -0.2) is 9.97 Å². The minimum absolute atomic E-state index is 0.0474. The Labute approximate surface area is 106 Å². The molecule has 0 aliphatic rings. The van der Waals surface area contributed by atoms with E-state index in [2.05, 4.69) is 15.3 Å². The first-order valence-corrected chi connectivity index (χ1v) is 5.91. The van der Waals surface area contributed by atoms with Gasteiger partial charge in [0.1, 0.15) is 5.82 Å². The van der Waals surface area contributed by atoms with Gasteiger partial charge in [0.25, 0.3) is 5.56 Å². The topological polar surface area (TPSA) is 59.8 Å². The minimum Gasteiger partial charge on any atom is -0.370 e. The number of anilines is 1. The number of hydrogen-bond donors (Lipinski definition) is 1. The standard InChI is InChI=1S/C13H16N4O/c1-3-14-13-11(5-4-6-15-13)8-17-9-16-10(2)7-12(17)18/h4-7,9H,3,8H2,1-2H3,(H,14,15). The number of aromatic nitrogens is 3. The summed E-state index contributed by atoms with van der Waals surface area (Å²) in [5.41, 5.74) is 1.66. The molecule has 0 atom stereocenters. The van der Waals surface area contributed by atoms with E-state index in [0.29, 0.717) is 6.54 Å². The van der Waals surface area contributed by atoms with E-state index in [0.717, 1.165) is 23.6 Å². The summed E-state index contributed by atoms with van der Waals surface area (Å²) < 4.78 is 1.57. The van der Waals surface area contributed by atoms with Crippen LogP contribution in [0.1, 0.15) is 18.2 Å². The first kappa shape index (κ1) is 12.3. The van der Waals surface area contributed by atoms with Crippen LogP contribution in [0.25, 0.3) is 0 Å². The third-order valence-electron chi connectivity index (χ3n) is 2.59. The first-order valence-electron chi connectivity index (χ1n) is 5.91. The molecule has 2 aromatic heterocycles. The molecule has 0 aliphatic carbocycles. The van der Waals surface area contributed by atoms with Gasteiger partial charge in [0.05, 0.1) is 12.9 Å². The van der Waals surface area contributed by atoms with Crippen molar-refractivity contribution in [3.8, 4) is 0 Å². The molecule has 0 spiro atoms. The van der Waals surface area contributed by atoms with Crippen molar-refractivity contribution in [2.24, 2.45) is 0 Å². The van der Waals surface area contributed by atoms with Crippen LogP contribution in [0.5, 0.6) is 0 Å². The molecule has 0 amide bonds. The summed E-state index contributed by atoms with van der Waals surface area (Å²) in [4.78, 5) is 20.2. The Hall–Kier alpha value is -2.17. The lowest BCUT2D eigenvalue weighted by atomic mass is 10.2. The number of nitrogens with zero attached hydrogens (tertiary/aromatic N) is 3. The van der Waals surface area contributed by atoms with Gasteiger partial charge in [0.15, 0.2) is 0 Å². The van der Waals surface area contributed by atoms with Crippen molar-refractivity contribution in [3.63, 3.8) is 0 Å². The van der Waals surface area contributed by atoms with Crippen LogP contribution < -0.4 is 10.9 Å². The zero-order valence-electron chi connectivity index (χ0n) is 10.6. The smallest absolute Gasteiger partial charge is 0.253 e.